The average molecular weight is 365 g/mol. The van der Waals surface area contributed by atoms with E-state index in [9.17, 15) is 9.90 Å². The van der Waals surface area contributed by atoms with Gasteiger partial charge in [-0.15, -0.1) is 10.2 Å². The minimum absolute atomic E-state index is 0.0329. The van der Waals surface area contributed by atoms with Crippen molar-refractivity contribution >= 4 is 23.4 Å². The number of aryl methyl sites for hydroxylation is 1. The van der Waals surface area contributed by atoms with E-state index in [-0.39, 0.29) is 11.7 Å². The zero-order valence-electron chi connectivity index (χ0n) is 13.9. The van der Waals surface area contributed by atoms with Gasteiger partial charge < -0.3 is 5.11 Å². The number of nitrogens with zero attached hydrogens (tertiary/aromatic N) is 5. The Morgan fingerprint density at radius 1 is 1.12 bits per heavy atom. The molecule has 0 radical (unpaired) electrons. The molecular weight excluding hydrogens is 350 g/mol. The Morgan fingerprint density at radius 3 is 2.54 bits per heavy atom. The SMILES string of the molecule is Cc1ccc(C2=Nn3c(nnc3-c3ccncc3)S[C@H]2CC(=O)O)cc1. The normalized spacial score (nSPS) is 16.0. The standard InChI is InChI=1S/C18H15N5O2S/c1-11-2-4-12(5-3-11)16-14(10-15(24)25)26-18-21-20-17(23(18)22-16)13-6-8-19-9-7-13/h2-9,14H,10H2,1H3,(H,24,25)/t14-/m0/s1. The maximum atomic E-state index is 11.3. The molecule has 3 heterocycles. The first-order valence-electron chi connectivity index (χ1n) is 8.02. The van der Waals surface area contributed by atoms with Crippen LogP contribution in [0.2, 0.25) is 0 Å². The molecule has 4 rings (SSSR count). The summed E-state index contributed by atoms with van der Waals surface area (Å²) < 4.78 is 1.67. The third-order valence-electron chi connectivity index (χ3n) is 4.02. The van der Waals surface area contributed by atoms with Crippen molar-refractivity contribution in [3.63, 3.8) is 0 Å². The van der Waals surface area contributed by atoms with Gasteiger partial charge >= 0.3 is 5.97 Å². The second kappa shape index (κ2) is 6.72. The first kappa shape index (κ1) is 16.5. The van der Waals surface area contributed by atoms with E-state index in [1.807, 2.05) is 43.3 Å². The van der Waals surface area contributed by atoms with Crippen LogP contribution in [0.1, 0.15) is 17.5 Å². The van der Waals surface area contributed by atoms with E-state index in [0.29, 0.717) is 16.7 Å². The Balaban J connectivity index is 1.82. The molecule has 0 bridgehead atoms. The number of aliphatic carboxylic acids is 1. The summed E-state index contributed by atoms with van der Waals surface area (Å²) in [4.78, 5) is 15.3. The van der Waals surface area contributed by atoms with Crippen LogP contribution >= 0.6 is 11.8 Å². The predicted octanol–water partition coefficient (Wildman–Crippen LogP) is 2.85. The van der Waals surface area contributed by atoms with Gasteiger partial charge in [0.2, 0.25) is 5.16 Å². The number of aromatic nitrogens is 4. The van der Waals surface area contributed by atoms with E-state index in [0.717, 1.165) is 16.7 Å². The monoisotopic (exact) mass is 365 g/mol. The van der Waals surface area contributed by atoms with Gasteiger partial charge in [0.05, 0.1) is 17.4 Å². The van der Waals surface area contributed by atoms with E-state index in [1.165, 1.54) is 11.8 Å². The summed E-state index contributed by atoms with van der Waals surface area (Å²) in [6.07, 6.45) is 3.34. The molecule has 0 saturated carbocycles. The quantitative estimate of drug-likeness (QED) is 0.764. The fourth-order valence-corrected chi connectivity index (χ4v) is 3.82. The Kier molecular flexibility index (Phi) is 4.26. The molecule has 1 atom stereocenters. The first-order chi connectivity index (χ1) is 12.6. The summed E-state index contributed by atoms with van der Waals surface area (Å²) >= 11 is 1.37. The number of hydrogen-bond donors (Lipinski definition) is 1. The Labute approximate surface area is 153 Å². The van der Waals surface area contributed by atoms with E-state index in [2.05, 4.69) is 15.2 Å². The van der Waals surface area contributed by atoms with Gasteiger partial charge in [0.15, 0.2) is 5.82 Å². The van der Waals surface area contributed by atoms with Gasteiger partial charge in [0, 0.05) is 18.0 Å². The molecule has 3 aromatic rings. The van der Waals surface area contributed by atoms with Crippen molar-refractivity contribution in [1.82, 2.24) is 19.9 Å². The van der Waals surface area contributed by atoms with Gasteiger partial charge in [-0.2, -0.15) is 9.78 Å². The summed E-state index contributed by atoms with van der Waals surface area (Å²) in [5, 5.41) is 22.7. The molecule has 7 nitrogen and oxygen atoms in total. The summed E-state index contributed by atoms with van der Waals surface area (Å²) in [5.41, 5.74) is 3.59. The molecular formula is C18H15N5O2S. The average Bonchev–Trinajstić information content (AvgIpc) is 3.05. The topological polar surface area (TPSA) is 93.3 Å². The van der Waals surface area contributed by atoms with Gasteiger partial charge in [0.1, 0.15) is 0 Å². The molecule has 130 valence electrons. The lowest BCUT2D eigenvalue weighted by Gasteiger charge is -2.22. The highest BCUT2D eigenvalue weighted by Crippen LogP contribution is 2.34. The lowest BCUT2D eigenvalue weighted by Crippen LogP contribution is -2.27. The van der Waals surface area contributed by atoms with Gasteiger partial charge in [-0.3, -0.25) is 9.78 Å². The second-order valence-electron chi connectivity index (χ2n) is 5.91. The molecule has 8 heteroatoms. The van der Waals surface area contributed by atoms with E-state index in [1.54, 1.807) is 17.1 Å². The molecule has 0 fully saturated rings. The molecule has 2 aromatic heterocycles. The van der Waals surface area contributed by atoms with Crippen molar-refractivity contribution in [2.45, 2.75) is 23.8 Å². The van der Waals surface area contributed by atoms with Gasteiger partial charge in [0.25, 0.3) is 0 Å². The maximum Gasteiger partial charge on any atom is 0.304 e. The zero-order valence-corrected chi connectivity index (χ0v) is 14.7. The van der Waals surface area contributed by atoms with Crippen molar-refractivity contribution in [3.05, 3.63) is 59.9 Å². The maximum absolute atomic E-state index is 11.3. The number of rotatable bonds is 4. The number of thioether (sulfide) groups is 1. The Hall–Kier alpha value is -3.00. The summed E-state index contributed by atoms with van der Waals surface area (Å²) in [5.74, 6) is -0.266. The third kappa shape index (κ3) is 3.11. The highest BCUT2D eigenvalue weighted by atomic mass is 32.2. The minimum Gasteiger partial charge on any atom is -0.481 e. The van der Waals surface area contributed by atoms with Gasteiger partial charge in [-0.1, -0.05) is 41.6 Å². The van der Waals surface area contributed by atoms with Crippen molar-refractivity contribution in [2.24, 2.45) is 5.10 Å². The van der Waals surface area contributed by atoms with Crippen LogP contribution in [0.5, 0.6) is 0 Å². The highest BCUT2D eigenvalue weighted by Gasteiger charge is 2.30. The highest BCUT2D eigenvalue weighted by molar-refractivity contribution is 8.00. The Bertz CT molecular complexity index is 983. The van der Waals surface area contributed by atoms with Crippen LogP contribution in [0.3, 0.4) is 0 Å². The van der Waals surface area contributed by atoms with Crippen LogP contribution in [0.4, 0.5) is 0 Å². The zero-order chi connectivity index (χ0) is 18.1. The van der Waals surface area contributed by atoms with Crippen LogP contribution in [-0.2, 0) is 4.79 Å². The van der Waals surface area contributed by atoms with Crippen molar-refractivity contribution in [2.75, 3.05) is 0 Å². The van der Waals surface area contributed by atoms with Crippen LogP contribution in [-0.4, -0.2) is 41.9 Å². The first-order valence-corrected chi connectivity index (χ1v) is 8.90. The number of pyridine rings is 1. The molecule has 0 amide bonds. The lowest BCUT2D eigenvalue weighted by atomic mass is 10.0. The smallest absolute Gasteiger partial charge is 0.304 e. The van der Waals surface area contributed by atoms with Gasteiger partial charge in [-0.25, -0.2) is 0 Å². The molecule has 26 heavy (non-hydrogen) atoms. The fraction of sp³-hybridized carbons (Fsp3) is 0.167. The molecule has 0 aliphatic carbocycles. The molecule has 1 N–H and O–H groups in total. The molecule has 1 aliphatic rings. The van der Waals surface area contributed by atoms with Crippen molar-refractivity contribution in [3.8, 4) is 11.4 Å². The molecule has 0 saturated heterocycles. The Morgan fingerprint density at radius 2 is 1.85 bits per heavy atom. The molecule has 0 unspecified atom stereocenters. The van der Waals surface area contributed by atoms with Crippen LogP contribution in [0.15, 0.2) is 59.0 Å². The van der Waals surface area contributed by atoms with Crippen molar-refractivity contribution < 1.29 is 9.90 Å². The van der Waals surface area contributed by atoms with Crippen molar-refractivity contribution in [1.29, 1.82) is 0 Å². The van der Waals surface area contributed by atoms with E-state index in [4.69, 9.17) is 5.10 Å². The molecule has 0 spiro atoms. The minimum atomic E-state index is -0.871. The third-order valence-corrected chi connectivity index (χ3v) is 5.16. The number of fused-ring (bicyclic) bond motifs is 1. The van der Waals surface area contributed by atoms with Gasteiger partial charge in [-0.05, 0) is 24.6 Å². The second-order valence-corrected chi connectivity index (χ2v) is 7.08. The number of carbonyl (C=O) groups is 1. The number of benzene rings is 1. The molecule has 1 aromatic carbocycles. The number of hydrogen-bond acceptors (Lipinski definition) is 6. The molecule has 1 aliphatic heterocycles. The predicted molar refractivity (Wildman–Crippen MR) is 98.3 cm³/mol. The van der Waals surface area contributed by atoms with Crippen LogP contribution in [0.25, 0.3) is 11.4 Å². The van der Waals surface area contributed by atoms with E-state index >= 15 is 0 Å². The summed E-state index contributed by atoms with van der Waals surface area (Å²) in [6.45, 7) is 2.01. The lowest BCUT2D eigenvalue weighted by molar-refractivity contribution is -0.136. The largest absolute Gasteiger partial charge is 0.481 e. The summed E-state index contributed by atoms with van der Waals surface area (Å²) in [6, 6.07) is 11.6. The fourth-order valence-electron chi connectivity index (χ4n) is 2.73. The summed E-state index contributed by atoms with van der Waals surface area (Å²) in [7, 11) is 0. The van der Waals surface area contributed by atoms with Crippen LogP contribution in [0, 0.1) is 6.92 Å². The van der Waals surface area contributed by atoms with Crippen LogP contribution < -0.4 is 0 Å². The number of carboxylic acids is 1. The van der Waals surface area contributed by atoms with E-state index < -0.39 is 5.97 Å². The number of carboxylic acid groups (broad SMARTS) is 1.